The quantitative estimate of drug-likeness (QED) is 0.551. The number of rotatable bonds is 4. The molecule has 1 N–H and O–H groups in total. The van der Waals surface area contributed by atoms with Crippen molar-refractivity contribution in [3.05, 3.63) is 77.6 Å². The lowest BCUT2D eigenvalue weighted by Gasteiger charge is -1.99. The van der Waals surface area contributed by atoms with Crippen LogP contribution in [0.3, 0.4) is 0 Å². The highest BCUT2D eigenvalue weighted by Gasteiger charge is 2.08. The molecule has 26 heavy (non-hydrogen) atoms. The SMILES string of the molecule is O=C(/C=C/c1ccc(-c2ccccc2F)s1)Nc1nnc2ccccn12. The molecule has 0 fully saturated rings. The first-order chi connectivity index (χ1) is 12.7. The van der Waals surface area contributed by atoms with Gasteiger partial charge in [-0.3, -0.25) is 14.5 Å². The summed E-state index contributed by atoms with van der Waals surface area (Å²) < 4.78 is 15.5. The molecule has 0 aliphatic carbocycles. The number of anilines is 1. The summed E-state index contributed by atoms with van der Waals surface area (Å²) in [5, 5.41) is 10.6. The molecule has 0 saturated carbocycles. The van der Waals surface area contributed by atoms with Gasteiger partial charge in [-0.15, -0.1) is 21.5 Å². The minimum atomic E-state index is -0.316. The maximum absolute atomic E-state index is 13.8. The van der Waals surface area contributed by atoms with Gasteiger partial charge in [-0.25, -0.2) is 4.39 Å². The van der Waals surface area contributed by atoms with Gasteiger partial charge in [0.05, 0.1) is 0 Å². The Kier molecular flexibility index (Phi) is 4.28. The molecule has 1 amide bonds. The van der Waals surface area contributed by atoms with Gasteiger partial charge in [0.15, 0.2) is 5.65 Å². The Morgan fingerprint density at radius 1 is 1.08 bits per heavy atom. The van der Waals surface area contributed by atoms with E-state index in [1.807, 2.05) is 24.3 Å². The lowest BCUT2D eigenvalue weighted by molar-refractivity contribution is -0.111. The summed E-state index contributed by atoms with van der Waals surface area (Å²) in [7, 11) is 0. The number of thiophene rings is 1. The topological polar surface area (TPSA) is 59.3 Å². The van der Waals surface area contributed by atoms with Gasteiger partial charge in [0.1, 0.15) is 5.82 Å². The Morgan fingerprint density at radius 3 is 2.81 bits per heavy atom. The van der Waals surface area contributed by atoms with Crippen LogP contribution in [0.2, 0.25) is 0 Å². The predicted octanol–water partition coefficient (Wildman–Crippen LogP) is 4.25. The average molecular weight is 364 g/mol. The third-order valence-electron chi connectivity index (χ3n) is 3.71. The van der Waals surface area contributed by atoms with Crippen molar-refractivity contribution >= 4 is 34.9 Å². The molecule has 4 aromatic rings. The fraction of sp³-hybridized carbons (Fsp3) is 0. The van der Waals surface area contributed by atoms with Crippen molar-refractivity contribution in [1.82, 2.24) is 14.6 Å². The van der Waals surface area contributed by atoms with Gasteiger partial charge in [-0.05, 0) is 36.4 Å². The fourth-order valence-corrected chi connectivity index (χ4v) is 3.42. The maximum Gasteiger partial charge on any atom is 0.250 e. The minimum absolute atomic E-state index is 0.263. The summed E-state index contributed by atoms with van der Waals surface area (Å²) in [5.41, 5.74) is 1.20. The highest BCUT2D eigenvalue weighted by molar-refractivity contribution is 7.16. The van der Waals surface area contributed by atoms with Crippen LogP contribution < -0.4 is 5.32 Å². The number of benzene rings is 1. The summed E-state index contributed by atoms with van der Waals surface area (Å²) >= 11 is 1.41. The van der Waals surface area contributed by atoms with E-state index in [9.17, 15) is 9.18 Å². The van der Waals surface area contributed by atoms with E-state index in [4.69, 9.17) is 0 Å². The molecule has 0 spiro atoms. The standard InChI is InChI=1S/C19H13FN4OS/c20-15-6-2-1-5-14(15)16-10-8-13(26-16)9-11-18(25)21-19-23-22-17-7-3-4-12-24(17)19/h1-12H,(H,21,23,25)/b11-9+. The number of hydrogen-bond acceptors (Lipinski definition) is 4. The molecule has 3 heterocycles. The van der Waals surface area contributed by atoms with Gasteiger partial charge in [0, 0.05) is 27.6 Å². The molecular weight excluding hydrogens is 351 g/mol. The molecule has 3 aromatic heterocycles. The largest absolute Gasteiger partial charge is 0.291 e. The molecule has 128 valence electrons. The Bertz CT molecular complexity index is 1120. The second-order valence-electron chi connectivity index (χ2n) is 5.46. The zero-order chi connectivity index (χ0) is 17.9. The molecule has 5 nitrogen and oxygen atoms in total. The first-order valence-corrected chi connectivity index (χ1v) is 8.66. The third kappa shape index (κ3) is 3.25. The van der Waals surface area contributed by atoms with Crippen LogP contribution in [0.15, 0.2) is 66.9 Å². The van der Waals surface area contributed by atoms with Crippen molar-refractivity contribution in [2.75, 3.05) is 5.32 Å². The van der Waals surface area contributed by atoms with E-state index in [0.717, 1.165) is 9.75 Å². The number of halogens is 1. The lowest BCUT2D eigenvalue weighted by Crippen LogP contribution is -2.10. The minimum Gasteiger partial charge on any atom is -0.291 e. The number of pyridine rings is 1. The monoisotopic (exact) mass is 364 g/mol. The summed E-state index contributed by atoms with van der Waals surface area (Å²) in [6.07, 6.45) is 4.88. The van der Waals surface area contributed by atoms with Gasteiger partial charge >= 0.3 is 0 Å². The maximum atomic E-state index is 13.8. The first-order valence-electron chi connectivity index (χ1n) is 7.84. The summed E-state index contributed by atoms with van der Waals surface area (Å²) in [5.74, 6) is -0.223. The number of hydrogen-bond donors (Lipinski definition) is 1. The zero-order valence-corrected chi connectivity index (χ0v) is 14.3. The Hall–Kier alpha value is -3.32. The molecule has 1 aromatic carbocycles. The predicted molar refractivity (Wildman–Crippen MR) is 100 cm³/mol. The molecule has 0 radical (unpaired) electrons. The van der Waals surface area contributed by atoms with E-state index < -0.39 is 0 Å². The number of fused-ring (bicyclic) bond motifs is 1. The number of amides is 1. The molecule has 4 rings (SSSR count). The van der Waals surface area contributed by atoms with E-state index in [-0.39, 0.29) is 11.7 Å². The second kappa shape index (κ2) is 6.89. The fourth-order valence-electron chi connectivity index (χ4n) is 2.48. The van der Waals surface area contributed by atoms with Crippen LogP contribution in [0.5, 0.6) is 0 Å². The smallest absolute Gasteiger partial charge is 0.250 e. The van der Waals surface area contributed by atoms with Gasteiger partial charge in [-0.2, -0.15) is 0 Å². The van der Waals surface area contributed by atoms with Crippen LogP contribution in [0.25, 0.3) is 22.2 Å². The highest BCUT2D eigenvalue weighted by Crippen LogP contribution is 2.30. The van der Waals surface area contributed by atoms with Crippen LogP contribution >= 0.6 is 11.3 Å². The van der Waals surface area contributed by atoms with E-state index in [0.29, 0.717) is 17.2 Å². The van der Waals surface area contributed by atoms with Crippen molar-refractivity contribution in [2.24, 2.45) is 0 Å². The van der Waals surface area contributed by atoms with Gasteiger partial charge in [-0.1, -0.05) is 24.3 Å². The number of nitrogens with zero attached hydrogens (tertiary/aromatic N) is 3. The molecule has 7 heteroatoms. The zero-order valence-electron chi connectivity index (χ0n) is 13.5. The van der Waals surface area contributed by atoms with Crippen LogP contribution in [0.1, 0.15) is 4.88 Å². The molecule has 0 bridgehead atoms. The van der Waals surface area contributed by atoms with Crippen LogP contribution in [0.4, 0.5) is 10.3 Å². The Balaban J connectivity index is 1.48. The van der Waals surface area contributed by atoms with Gasteiger partial charge < -0.3 is 0 Å². The van der Waals surface area contributed by atoms with E-state index in [1.54, 1.807) is 40.9 Å². The average Bonchev–Trinajstić information content (AvgIpc) is 3.28. The summed E-state index contributed by atoms with van der Waals surface area (Å²) in [6, 6.07) is 15.8. The second-order valence-corrected chi connectivity index (χ2v) is 6.57. The number of carbonyl (C=O) groups excluding carboxylic acids is 1. The highest BCUT2D eigenvalue weighted by atomic mass is 32.1. The van der Waals surface area contributed by atoms with Crippen molar-refractivity contribution in [3.63, 3.8) is 0 Å². The van der Waals surface area contributed by atoms with Crippen LogP contribution in [0, 0.1) is 5.82 Å². The molecule has 0 atom stereocenters. The van der Waals surface area contributed by atoms with E-state index in [1.165, 1.54) is 23.5 Å². The third-order valence-corrected chi connectivity index (χ3v) is 4.80. The Labute approximate surface area is 152 Å². The van der Waals surface area contributed by atoms with Crippen molar-refractivity contribution < 1.29 is 9.18 Å². The summed E-state index contributed by atoms with van der Waals surface area (Å²) in [6.45, 7) is 0. The molecule has 0 unspecified atom stereocenters. The molecule has 0 aliphatic rings. The van der Waals surface area contributed by atoms with E-state index >= 15 is 0 Å². The molecule has 0 aliphatic heterocycles. The molecule has 0 saturated heterocycles. The Morgan fingerprint density at radius 2 is 1.92 bits per heavy atom. The lowest BCUT2D eigenvalue weighted by atomic mass is 10.2. The number of aromatic nitrogens is 3. The first kappa shape index (κ1) is 16.2. The van der Waals surface area contributed by atoms with Crippen molar-refractivity contribution in [3.8, 4) is 10.4 Å². The van der Waals surface area contributed by atoms with Crippen molar-refractivity contribution in [2.45, 2.75) is 0 Å². The normalized spacial score (nSPS) is 11.3. The van der Waals surface area contributed by atoms with Crippen LogP contribution in [-0.4, -0.2) is 20.5 Å². The van der Waals surface area contributed by atoms with Gasteiger partial charge in [0.2, 0.25) is 5.95 Å². The number of carbonyl (C=O) groups is 1. The number of nitrogens with one attached hydrogen (secondary N) is 1. The van der Waals surface area contributed by atoms with Gasteiger partial charge in [0.25, 0.3) is 5.91 Å². The van der Waals surface area contributed by atoms with E-state index in [2.05, 4.69) is 15.5 Å². The summed E-state index contributed by atoms with van der Waals surface area (Å²) in [4.78, 5) is 13.8. The molecular formula is C19H13FN4OS. The van der Waals surface area contributed by atoms with Crippen LogP contribution in [-0.2, 0) is 4.79 Å². The van der Waals surface area contributed by atoms with Crippen molar-refractivity contribution in [1.29, 1.82) is 0 Å².